The topological polar surface area (TPSA) is 74.3 Å². The fraction of sp³-hybridized carbons (Fsp3) is 0.208. The summed E-state index contributed by atoms with van der Waals surface area (Å²) in [5, 5.41) is 4.70. The van der Waals surface area contributed by atoms with Gasteiger partial charge in [0, 0.05) is 60.6 Å². The van der Waals surface area contributed by atoms with Crippen molar-refractivity contribution in [3.8, 4) is 79.4 Å². The smallest absolute Gasteiger partial charge is 0.164 e. The van der Waals surface area contributed by atoms with E-state index in [1.54, 1.807) is 0 Å². The summed E-state index contributed by atoms with van der Waals surface area (Å²) in [4.78, 5) is 27.8. The van der Waals surface area contributed by atoms with Crippen LogP contribution in [0.5, 0.6) is 0 Å². The quantitative estimate of drug-likeness (QED) is 0.152. The fourth-order valence-corrected chi connectivity index (χ4v) is 11.7. The zero-order chi connectivity index (χ0) is 58.5. The van der Waals surface area contributed by atoms with Crippen LogP contribution in [0.15, 0.2) is 212 Å². The predicted molar refractivity (Wildman–Crippen MR) is 352 cm³/mol. The average molecular weight is 1090 g/mol. The molecule has 84 heavy (non-hydrogen) atoms. The Hall–Kier alpha value is -9.33. The molecule has 0 saturated carbocycles. The van der Waals surface area contributed by atoms with E-state index in [0.717, 1.165) is 89.0 Å². The Kier molecular flexibility index (Phi) is 13.0. The first-order chi connectivity index (χ1) is 40.1. The number of aromatic nitrogens is 7. The van der Waals surface area contributed by atoms with E-state index in [4.69, 9.17) is 24.9 Å². The normalized spacial score (nSPS) is 12.5. The molecule has 13 rings (SSSR count). The fourth-order valence-electron chi connectivity index (χ4n) is 11.7. The number of rotatable bonds is 8. The van der Waals surface area contributed by atoms with Crippen molar-refractivity contribution in [2.45, 2.75) is 105 Å². The molecular formula is C77H71N7. The molecule has 0 bridgehead atoms. The maximum absolute atomic E-state index is 5.58. The molecule has 0 N–H and O–H groups in total. The van der Waals surface area contributed by atoms with Crippen molar-refractivity contribution in [1.29, 1.82) is 0 Å². The Morgan fingerprint density at radius 1 is 0.262 bits per heavy atom. The molecule has 7 nitrogen and oxygen atoms in total. The van der Waals surface area contributed by atoms with E-state index >= 15 is 0 Å². The highest BCUT2D eigenvalue weighted by Gasteiger charge is 2.27. The van der Waals surface area contributed by atoms with Crippen LogP contribution >= 0.6 is 0 Å². The van der Waals surface area contributed by atoms with E-state index in [1.165, 1.54) is 33.0 Å². The van der Waals surface area contributed by atoms with Gasteiger partial charge in [-0.3, -0.25) is 0 Å². The highest BCUT2D eigenvalue weighted by Crippen LogP contribution is 2.44. The summed E-state index contributed by atoms with van der Waals surface area (Å²) in [6, 6.07) is 76.4. The zero-order valence-corrected chi connectivity index (χ0v) is 50.3. The Bertz CT molecular complexity index is 4460. The lowest BCUT2D eigenvalue weighted by atomic mass is 9.79. The van der Waals surface area contributed by atoms with Gasteiger partial charge in [-0.2, -0.15) is 0 Å². The highest BCUT2D eigenvalue weighted by molar-refractivity contribution is 6.19. The van der Waals surface area contributed by atoms with Crippen LogP contribution in [-0.4, -0.2) is 34.1 Å². The zero-order valence-electron chi connectivity index (χ0n) is 50.3. The summed E-state index contributed by atoms with van der Waals surface area (Å²) in [7, 11) is 0. The van der Waals surface area contributed by atoms with Gasteiger partial charge in [-0.25, -0.2) is 24.9 Å². The van der Waals surface area contributed by atoms with Gasteiger partial charge in [0.25, 0.3) is 0 Å². The molecule has 0 fully saturated rings. The lowest BCUT2D eigenvalue weighted by Crippen LogP contribution is -2.17. The van der Waals surface area contributed by atoms with E-state index in [1.807, 2.05) is 12.1 Å². The lowest BCUT2D eigenvalue weighted by Gasteiger charge is -2.26. The van der Waals surface area contributed by atoms with Crippen LogP contribution in [0.1, 0.15) is 105 Å². The van der Waals surface area contributed by atoms with E-state index in [0.29, 0.717) is 23.3 Å². The van der Waals surface area contributed by atoms with E-state index in [-0.39, 0.29) is 21.7 Å². The van der Waals surface area contributed by atoms with Gasteiger partial charge in [-0.05, 0) is 129 Å². The highest BCUT2D eigenvalue weighted by atomic mass is 15.0. The van der Waals surface area contributed by atoms with E-state index < -0.39 is 0 Å². The summed E-state index contributed by atoms with van der Waals surface area (Å²) in [6.07, 6.45) is 0. The molecule has 0 atom stereocenters. The number of para-hydroxylation sites is 3. The van der Waals surface area contributed by atoms with Gasteiger partial charge in [0.05, 0.1) is 39.1 Å². The Balaban J connectivity index is 1.14. The number of hydrogen-bond donors (Lipinski definition) is 0. The Morgan fingerprint density at radius 3 is 1.11 bits per heavy atom. The molecule has 0 amide bonds. The molecule has 9 aromatic carbocycles. The minimum atomic E-state index is -0.133. The van der Waals surface area contributed by atoms with Crippen molar-refractivity contribution in [3.05, 3.63) is 235 Å². The molecule has 4 heterocycles. The van der Waals surface area contributed by atoms with Gasteiger partial charge >= 0.3 is 0 Å². The first kappa shape index (κ1) is 53.9. The van der Waals surface area contributed by atoms with Crippen LogP contribution in [0, 0.1) is 0 Å². The van der Waals surface area contributed by atoms with Crippen molar-refractivity contribution >= 4 is 43.6 Å². The standard InChI is InChI=1S/C77H71N7/c1-74(2,3)53-38-51(39-54(43-53)75(4,5)6)71-80-70(81-72(82-71)52-40-55(76(7,8)9)44-56(41-52)77(10,11)12)50-36-37-67(62(42-50)73-78-63(48-26-16-13-17-27-48)46-64(79-73)49-28-18-14-19-29-49)84-66-35-25-23-33-59(66)61-45-60-58-32-22-24-34-65(58)83(68(60)47-69(61)84)57-30-20-15-21-31-57/h13-47H,1-12H3. The van der Waals surface area contributed by atoms with Gasteiger partial charge in [-0.15, -0.1) is 0 Å². The average Bonchev–Trinajstić information content (AvgIpc) is 1.79. The van der Waals surface area contributed by atoms with Gasteiger partial charge in [0.1, 0.15) is 0 Å². The molecular weight excluding hydrogens is 1020 g/mol. The molecule has 13 aromatic rings. The van der Waals surface area contributed by atoms with Crippen molar-refractivity contribution in [3.63, 3.8) is 0 Å². The third kappa shape index (κ3) is 9.95. The molecule has 0 aliphatic rings. The second-order valence-corrected chi connectivity index (χ2v) is 26.8. The Morgan fingerprint density at radius 2 is 0.655 bits per heavy atom. The maximum atomic E-state index is 5.58. The molecule has 7 heteroatoms. The van der Waals surface area contributed by atoms with Gasteiger partial charge in [0.2, 0.25) is 0 Å². The summed E-state index contributed by atoms with van der Waals surface area (Å²) in [6.45, 7) is 27.3. The largest absolute Gasteiger partial charge is 0.309 e. The van der Waals surface area contributed by atoms with E-state index in [9.17, 15) is 0 Å². The van der Waals surface area contributed by atoms with Crippen LogP contribution in [0.4, 0.5) is 0 Å². The molecule has 0 spiro atoms. The van der Waals surface area contributed by atoms with Crippen LogP contribution in [-0.2, 0) is 21.7 Å². The summed E-state index contributed by atoms with van der Waals surface area (Å²) >= 11 is 0. The minimum Gasteiger partial charge on any atom is -0.309 e. The first-order valence-corrected chi connectivity index (χ1v) is 29.4. The Labute approximate surface area is 493 Å². The number of hydrogen-bond acceptors (Lipinski definition) is 5. The molecule has 414 valence electrons. The summed E-state index contributed by atoms with van der Waals surface area (Å²) < 4.78 is 4.81. The molecule has 4 aromatic heterocycles. The maximum Gasteiger partial charge on any atom is 0.164 e. The molecule has 0 unspecified atom stereocenters. The first-order valence-electron chi connectivity index (χ1n) is 29.4. The van der Waals surface area contributed by atoms with Crippen LogP contribution in [0.3, 0.4) is 0 Å². The summed E-state index contributed by atoms with van der Waals surface area (Å²) in [5.74, 6) is 2.36. The molecule has 0 saturated heterocycles. The number of fused-ring (bicyclic) bond motifs is 6. The van der Waals surface area contributed by atoms with Crippen molar-refractivity contribution in [2.24, 2.45) is 0 Å². The van der Waals surface area contributed by atoms with Crippen molar-refractivity contribution < 1.29 is 0 Å². The summed E-state index contributed by atoms with van der Waals surface area (Å²) in [5.41, 5.74) is 18.0. The number of nitrogens with zero attached hydrogens (tertiary/aromatic N) is 7. The SMILES string of the molecule is CC(C)(C)c1cc(-c2nc(-c3cc(C(C)(C)C)cc(C(C)(C)C)c3)nc(-c3ccc(-n4c5ccccc5c5cc6c7ccccc7n(-c7ccccc7)c6cc54)c(-c4nc(-c5ccccc5)cc(-c5ccccc5)n4)c3)n2)cc(C(C)(C)C)c1. The van der Waals surface area contributed by atoms with E-state index in [2.05, 4.69) is 292 Å². The van der Waals surface area contributed by atoms with Crippen LogP contribution < -0.4 is 0 Å². The van der Waals surface area contributed by atoms with Gasteiger partial charge in [-0.1, -0.05) is 210 Å². The third-order valence-electron chi connectivity index (χ3n) is 16.6. The molecule has 0 aliphatic heterocycles. The number of benzene rings is 9. The second-order valence-electron chi connectivity index (χ2n) is 26.8. The monoisotopic (exact) mass is 1090 g/mol. The molecule has 0 radical (unpaired) electrons. The predicted octanol–water partition coefficient (Wildman–Crippen LogP) is 20.0. The van der Waals surface area contributed by atoms with Crippen LogP contribution in [0.25, 0.3) is 123 Å². The lowest BCUT2D eigenvalue weighted by molar-refractivity contribution is 0.568. The molecule has 0 aliphatic carbocycles. The van der Waals surface area contributed by atoms with Gasteiger partial charge < -0.3 is 9.13 Å². The van der Waals surface area contributed by atoms with Crippen LogP contribution in [0.2, 0.25) is 0 Å². The second kappa shape index (κ2) is 20.2. The van der Waals surface area contributed by atoms with Gasteiger partial charge in [0.15, 0.2) is 23.3 Å². The minimum absolute atomic E-state index is 0.133. The third-order valence-corrected chi connectivity index (χ3v) is 16.6. The van der Waals surface area contributed by atoms with Crippen molar-refractivity contribution in [2.75, 3.05) is 0 Å². The van der Waals surface area contributed by atoms with Crippen molar-refractivity contribution in [1.82, 2.24) is 34.1 Å².